The Hall–Kier alpha value is -0.650. The van der Waals surface area contributed by atoms with Gasteiger partial charge in [0.15, 0.2) is 6.04 Å². The molecule has 0 fully saturated rings. The van der Waals surface area contributed by atoms with E-state index in [-0.39, 0.29) is 0 Å². The van der Waals surface area contributed by atoms with E-state index in [2.05, 4.69) is 5.48 Å². The molecule has 0 amide bonds. The molecule has 0 aromatic heterocycles. The van der Waals surface area contributed by atoms with E-state index in [4.69, 9.17) is 9.94 Å². The summed E-state index contributed by atoms with van der Waals surface area (Å²) in [6.45, 7) is 8.16. The van der Waals surface area contributed by atoms with Crippen molar-refractivity contribution in [3.63, 3.8) is 0 Å². The van der Waals surface area contributed by atoms with Gasteiger partial charge in [0, 0.05) is 0 Å². The van der Waals surface area contributed by atoms with E-state index in [1.807, 2.05) is 0 Å². The fourth-order valence-electron chi connectivity index (χ4n) is 0.732. The fraction of sp³-hybridized carbons (Fsp3) is 0.889. The fourth-order valence-corrected chi connectivity index (χ4v) is 0.732. The maximum absolute atomic E-state index is 10.8. The predicted molar refractivity (Wildman–Crippen MR) is 51.7 cm³/mol. The van der Waals surface area contributed by atoms with Crippen LogP contribution in [0.1, 0.15) is 34.6 Å². The lowest BCUT2D eigenvalue weighted by molar-refractivity contribution is -0.164. The van der Waals surface area contributed by atoms with Crippen molar-refractivity contribution in [2.24, 2.45) is 0 Å². The van der Waals surface area contributed by atoms with E-state index in [9.17, 15) is 9.90 Å². The van der Waals surface area contributed by atoms with Gasteiger partial charge in [-0.2, -0.15) is 5.48 Å². The van der Waals surface area contributed by atoms with Crippen LogP contribution in [-0.4, -0.2) is 33.4 Å². The van der Waals surface area contributed by atoms with Gasteiger partial charge in [-0.25, -0.2) is 0 Å². The number of hydroxylamine groups is 1. The Kier molecular flexibility index (Phi) is 4.05. The standard InChI is InChI=1S/C9H19NO4/c1-8(2,3)14-10-6(7(11)12)9(4,5)13/h6,10,13H,1-5H3,(H,11,12)/t6-/m1/s1. The van der Waals surface area contributed by atoms with E-state index in [1.54, 1.807) is 20.8 Å². The van der Waals surface area contributed by atoms with Gasteiger partial charge < -0.3 is 10.2 Å². The van der Waals surface area contributed by atoms with Gasteiger partial charge in [0.2, 0.25) is 0 Å². The van der Waals surface area contributed by atoms with Crippen molar-refractivity contribution in [3.05, 3.63) is 0 Å². The van der Waals surface area contributed by atoms with Crippen LogP contribution in [0.5, 0.6) is 0 Å². The molecule has 5 nitrogen and oxygen atoms in total. The Bertz CT molecular complexity index is 202. The molecular formula is C9H19NO4. The number of hydrogen-bond acceptors (Lipinski definition) is 4. The molecule has 0 aliphatic carbocycles. The second kappa shape index (κ2) is 4.25. The van der Waals surface area contributed by atoms with Crippen LogP contribution in [-0.2, 0) is 9.63 Å². The minimum Gasteiger partial charge on any atom is -0.480 e. The number of nitrogens with one attached hydrogen (secondary N) is 1. The van der Waals surface area contributed by atoms with Crippen LogP contribution in [0.2, 0.25) is 0 Å². The minimum atomic E-state index is -1.38. The third kappa shape index (κ3) is 5.16. The van der Waals surface area contributed by atoms with Crippen molar-refractivity contribution in [1.29, 1.82) is 0 Å². The van der Waals surface area contributed by atoms with Crippen LogP contribution < -0.4 is 5.48 Å². The summed E-state index contributed by atoms with van der Waals surface area (Å²) < 4.78 is 0. The van der Waals surface area contributed by atoms with Gasteiger partial charge in [0.1, 0.15) is 0 Å². The van der Waals surface area contributed by atoms with Crippen LogP contribution in [0.4, 0.5) is 0 Å². The molecular weight excluding hydrogens is 186 g/mol. The normalized spacial score (nSPS) is 15.3. The molecule has 0 saturated carbocycles. The summed E-state index contributed by atoms with van der Waals surface area (Å²) >= 11 is 0. The maximum atomic E-state index is 10.8. The smallest absolute Gasteiger partial charge is 0.326 e. The number of aliphatic hydroxyl groups is 1. The van der Waals surface area contributed by atoms with Gasteiger partial charge >= 0.3 is 5.97 Å². The summed E-state index contributed by atoms with van der Waals surface area (Å²) in [5.74, 6) is -1.15. The van der Waals surface area contributed by atoms with Crippen molar-refractivity contribution in [1.82, 2.24) is 5.48 Å². The summed E-state index contributed by atoms with van der Waals surface area (Å²) in [5, 5.41) is 18.3. The van der Waals surface area contributed by atoms with Crippen molar-refractivity contribution in [2.45, 2.75) is 51.9 Å². The van der Waals surface area contributed by atoms with Crippen LogP contribution in [0.3, 0.4) is 0 Å². The summed E-state index contributed by atoms with van der Waals surface area (Å²) in [6, 6.07) is -1.15. The Balaban J connectivity index is 4.35. The average Bonchev–Trinajstić information content (AvgIpc) is 1.79. The molecule has 1 atom stereocenters. The predicted octanol–water partition coefficient (Wildman–Crippen LogP) is 0.530. The minimum absolute atomic E-state index is 0.501. The van der Waals surface area contributed by atoms with E-state index in [0.717, 1.165) is 0 Å². The summed E-state index contributed by atoms with van der Waals surface area (Å²) in [4.78, 5) is 15.8. The molecule has 0 unspecified atom stereocenters. The van der Waals surface area contributed by atoms with Crippen LogP contribution in [0, 0.1) is 0 Å². The molecule has 3 N–H and O–H groups in total. The highest BCUT2D eigenvalue weighted by Gasteiger charge is 2.34. The quantitative estimate of drug-likeness (QED) is 0.583. The first-order chi connectivity index (χ1) is 6.04. The lowest BCUT2D eigenvalue weighted by Gasteiger charge is -2.29. The summed E-state index contributed by atoms with van der Waals surface area (Å²) in [7, 11) is 0. The van der Waals surface area contributed by atoms with Gasteiger partial charge in [-0.3, -0.25) is 9.63 Å². The first-order valence-corrected chi connectivity index (χ1v) is 4.43. The number of carboxylic acids is 1. The van der Waals surface area contributed by atoms with Crippen LogP contribution in [0.25, 0.3) is 0 Å². The summed E-state index contributed by atoms with van der Waals surface area (Å²) in [6.07, 6.45) is 0. The first kappa shape index (κ1) is 13.4. The zero-order valence-corrected chi connectivity index (χ0v) is 9.29. The van der Waals surface area contributed by atoms with Gasteiger partial charge in [0.05, 0.1) is 11.2 Å². The maximum Gasteiger partial charge on any atom is 0.326 e. The SMILES string of the molecule is CC(C)(C)ON[C@H](C(=O)O)C(C)(C)O. The molecule has 0 spiro atoms. The van der Waals surface area contributed by atoms with Crippen molar-refractivity contribution >= 4 is 5.97 Å². The van der Waals surface area contributed by atoms with Crippen LogP contribution >= 0.6 is 0 Å². The van der Waals surface area contributed by atoms with Gasteiger partial charge in [-0.05, 0) is 34.6 Å². The number of hydrogen-bond donors (Lipinski definition) is 3. The van der Waals surface area contributed by atoms with Gasteiger partial charge in [-0.1, -0.05) is 0 Å². The zero-order chi connectivity index (χ0) is 11.6. The molecule has 84 valence electrons. The molecule has 0 aliphatic rings. The van der Waals surface area contributed by atoms with E-state index in [1.165, 1.54) is 13.8 Å². The highest BCUT2D eigenvalue weighted by molar-refractivity contribution is 5.74. The molecule has 0 aromatic rings. The number of carbonyl (C=O) groups is 1. The number of carboxylic acid groups (broad SMARTS) is 1. The molecule has 0 bridgehead atoms. The van der Waals surface area contributed by atoms with Gasteiger partial charge in [0.25, 0.3) is 0 Å². The number of rotatable bonds is 4. The highest BCUT2D eigenvalue weighted by atomic mass is 16.7. The van der Waals surface area contributed by atoms with Crippen molar-refractivity contribution in [2.75, 3.05) is 0 Å². The van der Waals surface area contributed by atoms with Crippen molar-refractivity contribution < 1.29 is 19.8 Å². The molecule has 0 aromatic carbocycles. The Morgan fingerprint density at radius 2 is 1.71 bits per heavy atom. The number of aliphatic carboxylic acids is 1. The topological polar surface area (TPSA) is 78.8 Å². The van der Waals surface area contributed by atoms with Crippen LogP contribution in [0.15, 0.2) is 0 Å². The largest absolute Gasteiger partial charge is 0.480 e. The summed E-state index contributed by atoms with van der Waals surface area (Å²) in [5.41, 5.74) is 0.471. The zero-order valence-electron chi connectivity index (χ0n) is 9.29. The van der Waals surface area contributed by atoms with Crippen molar-refractivity contribution in [3.8, 4) is 0 Å². The average molecular weight is 205 g/mol. The Labute approximate surface area is 84.0 Å². The third-order valence-electron chi connectivity index (χ3n) is 1.44. The second-order valence-electron chi connectivity index (χ2n) is 4.76. The molecule has 0 rings (SSSR count). The molecule has 14 heavy (non-hydrogen) atoms. The Morgan fingerprint density at radius 3 is 1.93 bits per heavy atom. The van der Waals surface area contributed by atoms with E-state index >= 15 is 0 Å². The third-order valence-corrected chi connectivity index (χ3v) is 1.44. The lowest BCUT2D eigenvalue weighted by Crippen LogP contribution is -2.53. The first-order valence-electron chi connectivity index (χ1n) is 4.43. The monoisotopic (exact) mass is 205 g/mol. The molecule has 0 heterocycles. The van der Waals surface area contributed by atoms with E-state index < -0.39 is 23.2 Å². The Morgan fingerprint density at radius 1 is 1.29 bits per heavy atom. The van der Waals surface area contributed by atoms with E-state index in [0.29, 0.717) is 0 Å². The molecule has 5 heteroatoms. The lowest BCUT2D eigenvalue weighted by atomic mass is 10.0. The highest BCUT2D eigenvalue weighted by Crippen LogP contribution is 2.11. The molecule has 0 aliphatic heterocycles. The molecule has 0 saturated heterocycles. The van der Waals surface area contributed by atoms with Gasteiger partial charge in [-0.15, -0.1) is 0 Å². The second-order valence-corrected chi connectivity index (χ2v) is 4.76. The molecule has 0 radical (unpaired) electrons.